The van der Waals surface area contributed by atoms with Crippen LogP contribution in [0, 0.1) is 5.82 Å². The second kappa shape index (κ2) is 5.20. The Kier molecular flexibility index (Phi) is 2.99. The van der Waals surface area contributed by atoms with Crippen LogP contribution in [-0.4, -0.2) is 55.0 Å². The van der Waals surface area contributed by atoms with E-state index in [1.807, 2.05) is 0 Å². The van der Waals surface area contributed by atoms with Crippen LogP contribution in [0.1, 0.15) is 12.0 Å². The molecule has 122 valence electrons. The second-order valence-electron chi connectivity index (χ2n) is 6.45. The van der Waals surface area contributed by atoms with Gasteiger partial charge in [0.15, 0.2) is 11.5 Å². The van der Waals surface area contributed by atoms with Crippen molar-refractivity contribution in [3.63, 3.8) is 0 Å². The summed E-state index contributed by atoms with van der Waals surface area (Å²) in [5.74, 6) is 0.657. The van der Waals surface area contributed by atoms with Crippen LogP contribution in [0.15, 0.2) is 31.1 Å². The van der Waals surface area contributed by atoms with Gasteiger partial charge in [0.05, 0.1) is 12.5 Å². The number of halogens is 1. The lowest BCUT2D eigenvalue weighted by Gasteiger charge is -2.57. The lowest BCUT2D eigenvalue weighted by atomic mass is 9.87. The van der Waals surface area contributed by atoms with Crippen LogP contribution in [0.5, 0.6) is 0 Å². The maximum absolute atomic E-state index is 13.3. The van der Waals surface area contributed by atoms with E-state index < -0.39 is 0 Å². The van der Waals surface area contributed by atoms with Gasteiger partial charge < -0.3 is 9.88 Å². The molecule has 0 radical (unpaired) electrons. The van der Waals surface area contributed by atoms with Crippen molar-refractivity contribution in [1.29, 1.82) is 0 Å². The zero-order chi connectivity index (χ0) is 16.1. The Labute approximate surface area is 137 Å². The first-order valence-corrected chi connectivity index (χ1v) is 8.02. The summed E-state index contributed by atoms with van der Waals surface area (Å²) in [6.07, 6.45) is 7.37. The predicted molar refractivity (Wildman–Crippen MR) is 85.8 cm³/mol. The number of hydrogen-bond donors (Lipinski definition) is 1. The van der Waals surface area contributed by atoms with Gasteiger partial charge in [-0.15, -0.1) is 0 Å². The molecule has 3 aromatic rings. The number of anilines is 1. The number of pyridine rings is 1. The van der Waals surface area contributed by atoms with E-state index in [9.17, 15) is 4.39 Å². The summed E-state index contributed by atoms with van der Waals surface area (Å²) in [6.45, 7) is 2.61. The summed E-state index contributed by atoms with van der Waals surface area (Å²) in [7, 11) is 0. The van der Waals surface area contributed by atoms with Gasteiger partial charge in [0.1, 0.15) is 17.7 Å². The molecular formula is C16H16FN7. The van der Waals surface area contributed by atoms with Crippen LogP contribution in [-0.2, 0) is 6.54 Å². The zero-order valence-corrected chi connectivity index (χ0v) is 12.9. The molecule has 3 aliphatic rings. The smallest absolute Gasteiger partial charge is 0.182 e. The van der Waals surface area contributed by atoms with Gasteiger partial charge in [0, 0.05) is 37.9 Å². The van der Waals surface area contributed by atoms with Crippen LogP contribution in [0.4, 0.5) is 10.2 Å². The molecule has 7 nitrogen and oxygen atoms in total. The molecular weight excluding hydrogens is 309 g/mol. The molecule has 0 aromatic carbocycles. The van der Waals surface area contributed by atoms with Crippen molar-refractivity contribution in [2.24, 2.45) is 0 Å². The largest absolute Gasteiger partial charge is 0.346 e. The molecule has 0 amide bonds. The minimum absolute atomic E-state index is 0.279. The topological polar surface area (TPSA) is 73.8 Å². The van der Waals surface area contributed by atoms with Crippen LogP contribution < -0.4 is 4.90 Å². The summed E-state index contributed by atoms with van der Waals surface area (Å²) < 4.78 is 13.3. The quantitative estimate of drug-likeness (QED) is 0.783. The van der Waals surface area contributed by atoms with E-state index in [0.29, 0.717) is 17.7 Å². The predicted octanol–water partition coefficient (Wildman–Crippen LogP) is 1.35. The summed E-state index contributed by atoms with van der Waals surface area (Å²) in [5, 5.41) is 0. The van der Waals surface area contributed by atoms with Crippen LogP contribution in [0.3, 0.4) is 0 Å². The molecule has 0 aliphatic carbocycles. The van der Waals surface area contributed by atoms with Gasteiger partial charge in [0.2, 0.25) is 0 Å². The van der Waals surface area contributed by atoms with Gasteiger partial charge in [-0.1, -0.05) is 0 Å². The van der Waals surface area contributed by atoms with Gasteiger partial charge >= 0.3 is 0 Å². The standard InChI is InChI=1S/C16H16FN7/c17-11-1-10(3-18-4-11)5-23-6-12-2-13(7-23)24(12)16-14-15(20-8-19-14)21-9-22-16/h1,3-4,8-9,12-13H,2,5-7H2,(H,19,20,21,22). The maximum Gasteiger partial charge on any atom is 0.182 e. The minimum atomic E-state index is -0.279. The van der Waals surface area contributed by atoms with Crippen molar-refractivity contribution in [2.75, 3.05) is 18.0 Å². The first kappa shape index (κ1) is 13.8. The molecule has 24 heavy (non-hydrogen) atoms. The lowest BCUT2D eigenvalue weighted by Crippen LogP contribution is -2.69. The van der Waals surface area contributed by atoms with Gasteiger partial charge in [-0.25, -0.2) is 19.3 Å². The first-order valence-electron chi connectivity index (χ1n) is 8.02. The molecule has 0 spiro atoms. The molecule has 3 aliphatic heterocycles. The Morgan fingerprint density at radius 3 is 2.88 bits per heavy atom. The Bertz CT molecular complexity index is 883. The van der Waals surface area contributed by atoms with Crippen LogP contribution >= 0.6 is 0 Å². The van der Waals surface area contributed by atoms with E-state index in [0.717, 1.165) is 43.0 Å². The number of piperazine rings is 1. The summed E-state index contributed by atoms with van der Waals surface area (Å²) in [6, 6.07) is 2.40. The number of fused-ring (bicyclic) bond motifs is 3. The fourth-order valence-corrected chi connectivity index (χ4v) is 3.92. The average molecular weight is 325 g/mol. The van der Waals surface area contributed by atoms with Crippen molar-refractivity contribution >= 4 is 17.0 Å². The third kappa shape index (κ3) is 2.14. The molecule has 2 atom stereocenters. The number of rotatable bonds is 3. The number of nitrogens with zero attached hydrogens (tertiary/aromatic N) is 6. The van der Waals surface area contributed by atoms with Gasteiger partial charge in [0.25, 0.3) is 0 Å². The molecule has 6 rings (SSSR count). The van der Waals surface area contributed by atoms with Gasteiger partial charge in [-0.3, -0.25) is 9.88 Å². The van der Waals surface area contributed by atoms with E-state index in [1.54, 1.807) is 24.9 Å². The highest BCUT2D eigenvalue weighted by Gasteiger charge is 2.45. The highest BCUT2D eigenvalue weighted by atomic mass is 19.1. The monoisotopic (exact) mass is 325 g/mol. The van der Waals surface area contributed by atoms with Crippen LogP contribution in [0.25, 0.3) is 11.2 Å². The van der Waals surface area contributed by atoms with E-state index in [4.69, 9.17) is 0 Å². The number of aromatic nitrogens is 5. The Morgan fingerprint density at radius 2 is 2.04 bits per heavy atom. The SMILES string of the molecule is Fc1cncc(CN2CC3CC(C2)N3c2ncnc3nc[nH]c23)c1. The minimum Gasteiger partial charge on any atom is -0.346 e. The van der Waals surface area contributed by atoms with Crippen molar-refractivity contribution in [2.45, 2.75) is 25.0 Å². The molecule has 1 N–H and O–H groups in total. The molecule has 2 unspecified atom stereocenters. The number of imidazole rings is 1. The summed E-state index contributed by atoms with van der Waals surface area (Å²) in [5.41, 5.74) is 2.52. The van der Waals surface area contributed by atoms with Crippen molar-refractivity contribution < 1.29 is 4.39 Å². The molecule has 0 saturated carbocycles. The van der Waals surface area contributed by atoms with Crippen molar-refractivity contribution in [1.82, 2.24) is 29.8 Å². The normalized spacial score (nSPS) is 23.5. The van der Waals surface area contributed by atoms with Crippen molar-refractivity contribution in [3.8, 4) is 0 Å². The highest BCUT2D eigenvalue weighted by molar-refractivity contribution is 5.83. The third-order valence-electron chi connectivity index (χ3n) is 4.88. The Hall–Kier alpha value is -2.61. The lowest BCUT2D eigenvalue weighted by molar-refractivity contribution is 0.108. The highest BCUT2D eigenvalue weighted by Crippen LogP contribution is 2.38. The molecule has 3 aromatic heterocycles. The summed E-state index contributed by atoms with van der Waals surface area (Å²) in [4.78, 5) is 24.7. The Morgan fingerprint density at radius 1 is 1.17 bits per heavy atom. The van der Waals surface area contributed by atoms with Crippen LogP contribution in [0.2, 0.25) is 0 Å². The summed E-state index contributed by atoms with van der Waals surface area (Å²) >= 11 is 0. The molecule has 8 heteroatoms. The number of piperidine rings is 1. The zero-order valence-electron chi connectivity index (χ0n) is 12.9. The number of aromatic amines is 1. The second-order valence-corrected chi connectivity index (χ2v) is 6.45. The molecule has 2 bridgehead atoms. The third-order valence-corrected chi connectivity index (χ3v) is 4.88. The van der Waals surface area contributed by atoms with E-state index in [2.05, 4.69) is 34.7 Å². The Balaban J connectivity index is 1.35. The van der Waals surface area contributed by atoms with Gasteiger partial charge in [-0.05, 0) is 18.1 Å². The number of H-pyrrole nitrogens is 1. The van der Waals surface area contributed by atoms with Gasteiger partial charge in [-0.2, -0.15) is 0 Å². The number of hydrogen-bond acceptors (Lipinski definition) is 6. The fraction of sp³-hybridized carbons (Fsp3) is 0.375. The molecule has 3 saturated heterocycles. The van der Waals surface area contributed by atoms with E-state index in [-0.39, 0.29) is 5.82 Å². The first-order chi connectivity index (χ1) is 11.8. The molecule has 6 heterocycles. The average Bonchev–Trinajstić information content (AvgIpc) is 3.04. The number of nitrogens with one attached hydrogen (secondary N) is 1. The molecule has 3 fully saturated rings. The van der Waals surface area contributed by atoms with E-state index in [1.165, 1.54) is 6.20 Å². The maximum atomic E-state index is 13.3. The fourth-order valence-electron chi connectivity index (χ4n) is 3.92. The van der Waals surface area contributed by atoms with E-state index >= 15 is 0 Å². The van der Waals surface area contributed by atoms with Crippen molar-refractivity contribution in [3.05, 3.63) is 42.5 Å².